The molecule has 0 N–H and O–H groups in total. The van der Waals surface area contributed by atoms with Crippen molar-refractivity contribution in [3.05, 3.63) is 11.1 Å². The maximum Gasteiger partial charge on any atom is 0.183 e. The van der Waals surface area contributed by atoms with Gasteiger partial charge in [-0.3, -0.25) is 4.90 Å². The molecule has 0 aromatic heterocycles. The van der Waals surface area contributed by atoms with E-state index >= 15 is 0 Å². The molecule has 42 valence electrons. The van der Waals surface area contributed by atoms with Crippen LogP contribution in [0.2, 0.25) is 0 Å². The zero-order valence-corrected chi connectivity index (χ0v) is 5.23. The van der Waals surface area contributed by atoms with Gasteiger partial charge >= 0.3 is 0 Å². The predicted molar refractivity (Wildman–Crippen MR) is 34.0 cm³/mol. The van der Waals surface area contributed by atoms with Crippen LogP contribution in [0.3, 0.4) is 0 Å². The van der Waals surface area contributed by atoms with Crippen LogP contribution in [0.25, 0.3) is 0 Å². The standard InChI is InChI=1S/C5H6N2S/c6-4-7-2-1-5(8)3-7/h3,8H,1-2H2. The SMILES string of the molecule is N#CN1C=C(S)CC1. The lowest BCUT2D eigenvalue weighted by Gasteiger charge is -1.97. The Hall–Kier alpha value is -0.620. The van der Waals surface area contributed by atoms with Crippen LogP contribution in [0.5, 0.6) is 0 Å². The average molecular weight is 126 g/mol. The first-order valence-electron chi connectivity index (χ1n) is 2.39. The topological polar surface area (TPSA) is 27.0 Å². The molecule has 0 fully saturated rings. The predicted octanol–water partition coefficient (Wildman–Crippen LogP) is 0.944. The Morgan fingerprint density at radius 2 is 2.62 bits per heavy atom. The van der Waals surface area contributed by atoms with Crippen LogP contribution in [-0.2, 0) is 0 Å². The molecule has 1 heterocycles. The summed E-state index contributed by atoms with van der Waals surface area (Å²) in [5, 5.41) is 8.28. The largest absolute Gasteiger partial charge is 0.285 e. The molecule has 0 unspecified atom stereocenters. The highest BCUT2D eigenvalue weighted by molar-refractivity contribution is 7.84. The average Bonchev–Trinajstić information content (AvgIpc) is 2.14. The normalized spacial score (nSPS) is 18.0. The zero-order valence-electron chi connectivity index (χ0n) is 4.33. The molecule has 0 saturated carbocycles. The molecule has 8 heavy (non-hydrogen) atoms. The van der Waals surface area contributed by atoms with Gasteiger partial charge in [-0.2, -0.15) is 5.26 Å². The lowest BCUT2D eigenvalue weighted by atomic mass is 10.5. The molecule has 0 amide bonds. The van der Waals surface area contributed by atoms with Gasteiger partial charge in [0.1, 0.15) is 0 Å². The van der Waals surface area contributed by atoms with Crippen molar-refractivity contribution in [1.29, 1.82) is 5.26 Å². The fourth-order valence-electron chi connectivity index (χ4n) is 0.623. The number of hydrogen-bond acceptors (Lipinski definition) is 3. The smallest absolute Gasteiger partial charge is 0.183 e. The van der Waals surface area contributed by atoms with E-state index in [9.17, 15) is 0 Å². The lowest BCUT2D eigenvalue weighted by molar-refractivity contribution is 0.569. The third-order valence-electron chi connectivity index (χ3n) is 1.04. The van der Waals surface area contributed by atoms with Crippen molar-refractivity contribution in [2.45, 2.75) is 6.42 Å². The van der Waals surface area contributed by atoms with E-state index in [4.69, 9.17) is 5.26 Å². The van der Waals surface area contributed by atoms with E-state index in [1.54, 1.807) is 11.1 Å². The minimum absolute atomic E-state index is 0.801. The van der Waals surface area contributed by atoms with E-state index in [0.29, 0.717) is 0 Å². The summed E-state index contributed by atoms with van der Waals surface area (Å²) in [7, 11) is 0. The van der Waals surface area contributed by atoms with Crippen LogP contribution in [-0.4, -0.2) is 11.4 Å². The van der Waals surface area contributed by atoms with E-state index in [2.05, 4.69) is 12.6 Å². The van der Waals surface area contributed by atoms with Gasteiger partial charge in [-0.25, -0.2) is 0 Å². The molecule has 3 heteroatoms. The molecule has 0 spiro atoms. The molecule has 1 aliphatic rings. The Morgan fingerprint density at radius 1 is 1.88 bits per heavy atom. The van der Waals surface area contributed by atoms with Crippen molar-refractivity contribution in [3.63, 3.8) is 0 Å². The maximum atomic E-state index is 8.28. The lowest BCUT2D eigenvalue weighted by Crippen LogP contribution is -2.04. The zero-order chi connectivity index (χ0) is 5.98. The van der Waals surface area contributed by atoms with Gasteiger partial charge in [-0.1, -0.05) is 0 Å². The third kappa shape index (κ3) is 0.958. The molecule has 0 aromatic carbocycles. The molecule has 0 bridgehead atoms. The first-order chi connectivity index (χ1) is 3.83. The van der Waals surface area contributed by atoms with Gasteiger partial charge in [-0.05, 0) is 6.42 Å². The van der Waals surface area contributed by atoms with E-state index in [1.807, 2.05) is 6.19 Å². The summed E-state index contributed by atoms with van der Waals surface area (Å²) < 4.78 is 0. The van der Waals surface area contributed by atoms with Gasteiger partial charge in [0.2, 0.25) is 0 Å². The molecule has 0 aliphatic carbocycles. The van der Waals surface area contributed by atoms with Gasteiger partial charge in [0, 0.05) is 17.6 Å². The molecule has 1 rings (SSSR count). The molecule has 0 aromatic rings. The van der Waals surface area contributed by atoms with Gasteiger partial charge in [0.15, 0.2) is 6.19 Å². The van der Waals surface area contributed by atoms with E-state index < -0.39 is 0 Å². The Balaban J connectivity index is 2.57. The molecule has 0 saturated heterocycles. The van der Waals surface area contributed by atoms with Crippen molar-refractivity contribution in [2.75, 3.05) is 6.54 Å². The minimum Gasteiger partial charge on any atom is -0.285 e. The second-order valence-corrected chi connectivity index (χ2v) is 2.24. The van der Waals surface area contributed by atoms with Crippen molar-refractivity contribution in [3.8, 4) is 6.19 Å². The van der Waals surface area contributed by atoms with E-state index in [1.165, 1.54) is 0 Å². The summed E-state index contributed by atoms with van der Waals surface area (Å²) in [5.41, 5.74) is 0. The molecular formula is C5H6N2S. The third-order valence-corrected chi connectivity index (χ3v) is 1.38. The van der Waals surface area contributed by atoms with Crippen LogP contribution >= 0.6 is 12.6 Å². The second-order valence-electron chi connectivity index (χ2n) is 1.66. The van der Waals surface area contributed by atoms with Crippen LogP contribution in [0, 0.1) is 11.5 Å². The summed E-state index contributed by atoms with van der Waals surface area (Å²) in [5.74, 6) is 0. The Morgan fingerprint density at radius 3 is 2.88 bits per heavy atom. The van der Waals surface area contributed by atoms with Gasteiger partial charge in [-0.15, -0.1) is 12.6 Å². The molecular weight excluding hydrogens is 120 g/mol. The summed E-state index contributed by atoms with van der Waals surface area (Å²) in [4.78, 5) is 2.56. The molecule has 0 atom stereocenters. The van der Waals surface area contributed by atoms with Crippen molar-refractivity contribution >= 4 is 12.6 Å². The van der Waals surface area contributed by atoms with Crippen LogP contribution in [0.1, 0.15) is 6.42 Å². The fraction of sp³-hybridized carbons (Fsp3) is 0.400. The first kappa shape index (κ1) is 5.52. The van der Waals surface area contributed by atoms with Gasteiger partial charge < -0.3 is 0 Å². The van der Waals surface area contributed by atoms with Crippen LogP contribution in [0.15, 0.2) is 11.1 Å². The summed E-state index contributed by atoms with van der Waals surface area (Å²) >= 11 is 4.07. The van der Waals surface area contributed by atoms with Crippen molar-refractivity contribution in [2.24, 2.45) is 0 Å². The number of rotatable bonds is 0. The van der Waals surface area contributed by atoms with Crippen LogP contribution in [0.4, 0.5) is 0 Å². The Bertz CT molecular complexity index is 156. The summed E-state index contributed by atoms with van der Waals surface area (Å²) in [6, 6.07) is 0. The number of nitrogens with zero attached hydrogens (tertiary/aromatic N) is 2. The Kier molecular flexibility index (Phi) is 1.45. The summed E-state index contributed by atoms with van der Waals surface area (Å²) in [6.07, 6.45) is 4.67. The monoisotopic (exact) mass is 126 g/mol. The second kappa shape index (κ2) is 2.10. The summed E-state index contributed by atoms with van der Waals surface area (Å²) in [6.45, 7) is 0.801. The van der Waals surface area contributed by atoms with Gasteiger partial charge in [0.25, 0.3) is 0 Å². The van der Waals surface area contributed by atoms with Gasteiger partial charge in [0.05, 0.1) is 0 Å². The van der Waals surface area contributed by atoms with E-state index in [-0.39, 0.29) is 0 Å². The highest BCUT2D eigenvalue weighted by Gasteiger charge is 2.06. The van der Waals surface area contributed by atoms with Crippen molar-refractivity contribution < 1.29 is 0 Å². The van der Waals surface area contributed by atoms with Crippen LogP contribution < -0.4 is 0 Å². The molecule has 1 aliphatic heterocycles. The number of thiol groups is 1. The highest BCUT2D eigenvalue weighted by atomic mass is 32.1. The first-order valence-corrected chi connectivity index (χ1v) is 2.83. The number of nitriles is 1. The molecule has 2 nitrogen and oxygen atoms in total. The maximum absolute atomic E-state index is 8.28. The fourth-order valence-corrected chi connectivity index (χ4v) is 0.862. The minimum atomic E-state index is 0.801. The van der Waals surface area contributed by atoms with E-state index in [0.717, 1.165) is 17.9 Å². The highest BCUT2D eigenvalue weighted by Crippen LogP contribution is 2.15. The van der Waals surface area contributed by atoms with Crippen molar-refractivity contribution in [1.82, 2.24) is 4.90 Å². The quantitative estimate of drug-likeness (QED) is 0.386. The Labute approximate surface area is 53.8 Å². The number of hydrogen-bond donors (Lipinski definition) is 1. The molecule has 0 radical (unpaired) electrons.